The SMILES string of the molecule is Cc1cccc(CS(=O)(=O)c2cccc(OCc3ccc4ccccc4n3)c2)c1C(=O)OCC(C)C. The standard InChI is InChI=1S/C29H29NO5S/c1-20(2)17-35-29(31)28-21(3)8-6-10-23(28)19-36(32,33)26-12-7-11-25(16-26)34-18-24-15-14-22-9-4-5-13-27(22)30-24/h4-16,20H,17-19H2,1-3H3. The van der Waals surface area contributed by atoms with Gasteiger partial charge in [-0.3, -0.25) is 0 Å². The van der Waals surface area contributed by atoms with Gasteiger partial charge in [-0.1, -0.05) is 62.4 Å². The van der Waals surface area contributed by atoms with E-state index in [4.69, 9.17) is 9.47 Å². The van der Waals surface area contributed by atoms with Gasteiger partial charge in [-0.2, -0.15) is 0 Å². The fourth-order valence-corrected chi connectivity index (χ4v) is 5.25. The van der Waals surface area contributed by atoms with Crippen molar-refractivity contribution in [1.82, 2.24) is 4.98 Å². The van der Waals surface area contributed by atoms with Gasteiger partial charge in [-0.25, -0.2) is 18.2 Å². The highest BCUT2D eigenvalue weighted by atomic mass is 32.2. The van der Waals surface area contributed by atoms with Gasteiger partial charge < -0.3 is 9.47 Å². The summed E-state index contributed by atoms with van der Waals surface area (Å²) >= 11 is 0. The van der Waals surface area contributed by atoms with Crippen LogP contribution in [0.1, 0.15) is 41.0 Å². The first-order chi connectivity index (χ1) is 17.2. The van der Waals surface area contributed by atoms with Crippen molar-refractivity contribution in [3.63, 3.8) is 0 Å². The number of para-hydroxylation sites is 1. The monoisotopic (exact) mass is 503 g/mol. The summed E-state index contributed by atoms with van der Waals surface area (Å²) in [5.74, 6) is -0.229. The maximum absolute atomic E-state index is 13.3. The molecule has 0 saturated carbocycles. The van der Waals surface area contributed by atoms with Crippen LogP contribution in [0.15, 0.2) is 83.8 Å². The molecule has 6 nitrogen and oxygen atoms in total. The Morgan fingerprint density at radius 2 is 1.72 bits per heavy atom. The molecule has 0 saturated heterocycles. The Hall–Kier alpha value is -3.71. The van der Waals surface area contributed by atoms with Crippen LogP contribution < -0.4 is 4.74 Å². The molecule has 0 spiro atoms. The van der Waals surface area contributed by atoms with Crippen molar-refractivity contribution in [2.45, 2.75) is 38.0 Å². The third kappa shape index (κ3) is 6.10. The van der Waals surface area contributed by atoms with Gasteiger partial charge in [-0.05, 0) is 54.3 Å². The first-order valence-electron chi connectivity index (χ1n) is 11.8. The smallest absolute Gasteiger partial charge is 0.338 e. The molecule has 0 unspecified atom stereocenters. The molecule has 3 aromatic carbocycles. The van der Waals surface area contributed by atoms with Gasteiger partial charge in [0.2, 0.25) is 0 Å². The number of hydrogen-bond acceptors (Lipinski definition) is 6. The van der Waals surface area contributed by atoms with E-state index < -0.39 is 15.8 Å². The largest absolute Gasteiger partial charge is 0.487 e. The lowest BCUT2D eigenvalue weighted by Gasteiger charge is -2.14. The molecule has 0 atom stereocenters. The lowest BCUT2D eigenvalue weighted by molar-refractivity contribution is 0.0457. The Balaban J connectivity index is 1.52. The molecule has 0 radical (unpaired) electrons. The average molecular weight is 504 g/mol. The predicted octanol–water partition coefficient (Wildman–Crippen LogP) is 5.91. The molecule has 4 aromatic rings. The summed E-state index contributed by atoms with van der Waals surface area (Å²) in [7, 11) is -3.76. The number of hydrogen-bond donors (Lipinski definition) is 0. The van der Waals surface area contributed by atoms with Gasteiger partial charge in [0.1, 0.15) is 12.4 Å². The summed E-state index contributed by atoms with van der Waals surface area (Å²) in [6, 6.07) is 23.2. The number of aryl methyl sites for hydroxylation is 1. The Morgan fingerprint density at radius 3 is 2.53 bits per heavy atom. The van der Waals surface area contributed by atoms with E-state index in [2.05, 4.69) is 4.98 Å². The van der Waals surface area contributed by atoms with Gasteiger partial charge in [0.15, 0.2) is 9.84 Å². The number of esters is 1. The topological polar surface area (TPSA) is 82.6 Å². The van der Waals surface area contributed by atoms with E-state index in [-0.39, 0.29) is 29.8 Å². The van der Waals surface area contributed by atoms with Crippen LogP contribution in [0.3, 0.4) is 0 Å². The maximum atomic E-state index is 13.3. The normalized spacial score (nSPS) is 11.6. The fraction of sp³-hybridized carbons (Fsp3) is 0.241. The van der Waals surface area contributed by atoms with Gasteiger partial charge in [-0.15, -0.1) is 0 Å². The van der Waals surface area contributed by atoms with Crippen LogP contribution in [0.4, 0.5) is 0 Å². The molecule has 0 fully saturated rings. The van der Waals surface area contributed by atoms with Crippen LogP contribution in [-0.2, 0) is 26.9 Å². The van der Waals surface area contributed by atoms with Gasteiger partial charge in [0.05, 0.1) is 34.0 Å². The third-order valence-corrected chi connectivity index (χ3v) is 7.33. The number of pyridine rings is 1. The van der Waals surface area contributed by atoms with Gasteiger partial charge in [0.25, 0.3) is 0 Å². The molecule has 186 valence electrons. The molecule has 7 heteroatoms. The van der Waals surface area contributed by atoms with Crippen molar-refractivity contribution in [3.05, 3.63) is 101 Å². The molecule has 4 rings (SSSR count). The van der Waals surface area contributed by atoms with Crippen molar-refractivity contribution in [2.75, 3.05) is 6.61 Å². The lowest BCUT2D eigenvalue weighted by Crippen LogP contribution is -2.16. The molecule has 1 heterocycles. The second kappa shape index (κ2) is 10.9. The van der Waals surface area contributed by atoms with Crippen molar-refractivity contribution >= 4 is 26.7 Å². The van der Waals surface area contributed by atoms with Crippen LogP contribution in [0.5, 0.6) is 5.75 Å². The van der Waals surface area contributed by atoms with E-state index in [0.29, 0.717) is 22.4 Å². The van der Waals surface area contributed by atoms with Crippen LogP contribution in [0.2, 0.25) is 0 Å². The fourth-order valence-electron chi connectivity index (χ4n) is 3.85. The minimum Gasteiger partial charge on any atom is -0.487 e. The maximum Gasteiger partial charge on any atom is 0.338 e. The van der Waals surface area contributed by atoms with Crippen molar-refractivity contribution in [3.8, 4) is 5.75 Å². The Morgan fingerprint density at radius 1 is 0.944 bits per heavy atom. The van der Waals surface area contributed by atoms with Crippen molar-refractivity contribution < 1.29 is 22.7 Å². The van der Waals surface area contributed by atoms with E-state index in [0.717, 1.165) is 16.6 Å². The van der Waals surface area contributed by atoms with Crippen LogP contribution >= 0.6 is 0 Å². The zero-order valence-corrected chi connectivity index (χ0v) is 21.4. The number of rotatable bonds is 9. The first-order valence-corrected chi connectivity index (χ1v) is 13.4. The Labute approximate surface area is 211 Å². The summed E-state index contributed by atoms with van der Waals surface area (Å²) in [6.07, 6.45) is 0. The second-order valence-corrected chi connectivity index (χ2v) is 11.1. The van der Waals surface area contributed by atoms with Crippen LogP contribution in [0, 0.1) is 12.8 Å². The minimum absolute atomic E-state index is 0.120. The van der Waals surface area contributed by atoms with Crippen molar-refractivity contribution in [1.29, 1.82) is 0 Å². The van der Waals surface area contributed by atoms with E-state index in [1.54, 1.807) is 37.3 Å². The van der Waals surface area contributed by atoms with E-state index in [9.17, 15) is 13.2 Å². The zero-order valence-electron chi connectivity index (χ0n) is 20.6. The molecule has 0 aliphatic carbocycles. The Bertz CT molecular complexity index is 1490. The van der Waals surface area contributed by atoms with Crippen LogP contribution in [-0.4, -0.2) is 26.0 Å². The molecule has 36 heavy (non-hydrogen) atoms. The molecule has 0 aliphatic heterocycles. The molecular weight excluding hydrogens is 474 g/mol. The number of carbonyl (C=O) groups is 1. The zero-order chi connectivity index (χ0) is 25.7. The molecular formula is C29H29NO5S. The van der Waals surface area contributed by atoms with Gasteiger partial charge in [0, 0.05) is 5.39 Å². The molecule has 0 N–H and O–H groups in total. The second-order valence-electron chi connectivity index (χ2n) is 9.12. The number of ether oxygens (including phenoxy) is 2. The number of carbonyl (C=O) groups excluding carboxylic acids is 1. The number of nitrogens with zero attached hydrogens (tertiary/aromatic N) is 1. The Kier molecular flexibility index (Phi) is 7.70. The minimum atomic E-state index is -3.76. The highest BCUT2D eigenvalue weighted by Gasteiger charge is 2.23. The summed E-state index contributed by atoms with van der Waals surface area (Å²) < 4.78 is 37.9. The number of aromatic nitrogens is 1. The molecule has 0 aliphatic rings. The number of sulfone groups is 1. The number of fused-ring (bicyclic) bond motifs is 1. The summed E-state index contributed by atoms with van der Waals surface area (Å²) in [5.41, 5.74) is 3.01. The highest BCUT2D eigenvalue weighted by molar-refractivity contribution is 7.90. The third-order valence-electron chi connectivity index (χ3n) is 5.66. The summed E-state index contributed by atoms with van der Waals surface area (Å²) in [6.45, 7) is 6.14. The molecule has 0 amide bonds. The van der Waals surface area contributed by atoms with E-state index in [1.807, 2.05) is 50.2 Å². The average Bonchev–Trinajstić information content (AvgIpc) is 2.86. The van der Waals surface area contributed by atoms with E-state index in [1.165, 1.54) is 12.1 Å². The van der Waals surface area contributed by atoms with Crippen LogP contribution in [0.25, 0.3) is 10.9 Å². The first kappa shape index (κ1) is 25.4. The highest BCUT2D eigenvalue weighted by Crippen LogP contribution is 2.25. The predicted molar refractivity (Wildman–Crippen MR) is 140 cm³/mol. The lowest BCUT2D eigenvalue weighted by atomic mass is 10.0. The molecule has 0 bridgehead atoms. The molecule has 1 aromatic heterocycles. The summed E-state index contributed by atoms with van der Waals surface area (Å²) in [5, 5.41) is 1.04. The summed E-state index contributed by atoms with van der Waals surface area (Å²) in [4.78, 5) is 17.4. The van der Waals surface area contributed by atoms with Gasteiger partial charge >= 0.3 is 5.97 Å². The number of benzene rings is 3. The quantitative estimate of drug-likeness (QED) is 0.264. The van der Waals surface area contributed by atoms with E-state index >= 15 is 0 Å². The van der Waals surface area contributed by atoms with Crippen molar-refractivity contribution in [2.24, 2.45) is 5.92 Å².